The molecule has 0 bridgehead atoms. The van der Waals surface area contributed by atoms with Crippen LogP contribution in [0.4, 0.5) is 0 Å². The second kappa shape index (κ2) is 5.47. The first-order valence-corrected chi connectivity index (χ1v) is 6.14. The third-order valence-corrected chi connectivity index (χ3v) is 3.20. The molecule has 0 unspecified atom stereocenters. The van der Waals surface area contributed by atoms with E-state index in [1.54, 1.807) is 18.0 Å². The molecule has 0 saturated carbocycles. The molecule has 0 amide bonds. The molecule has 1 heterocycles. The number of hydrogen-bond acceptors (Lipinski definition) is 4. The van der Waals surface area contributed by atoms with Gasteiger partial charge in [-0.1, -0.05) is 25.6 Å². The number of aryl methyl sites for hydroxylation is 1. The number of nitrogens with zero attached hydrogens (tertiary/aromatic N) is 2. The van der Waals surface area contributed by atoms with E-state index in [-0.39, 0.29) is 5.41 Å². The molecule has 0 saturated heterocycles. The van der Waals surface area contributed by atoms with E-state index >= 15 is 0 Å². The Kier molecular flexibility index (Phi) is 4.54. The van der Waals surface area contributed by atoms with Crippen LogP contribution in [0.5, 0.6) is 0 Å². The van der Waals surface area contributed by atoms with E-state index in [9.17, 15) is 0 Å². The van der Waals surface area contributed by atoms with Crippen LogP contribution in [0, 0.1) is 12.3 Å². The van der Waals surface area contributed by atoms with Gasteiger partial charge in [-0.2, -0.15) is 0 Å². The van der Waals surface area contributed by atoms with Gasteiger partial charge in [0.05, 0.1) is 0 Å². The Hall–Kier alpha value is -0.610. The van der Waals surface area contributed by atoms with Crippen molar-refractivity contribution in [2.24, 2.45) is 11.1 Å². The van der Waals surface area contributed by atoms with Gasteiger partial charge in [-0.15, -0.1) is 0 Å². The van der Waals surface area contributed by atoms with Crippen molar-refractivity contribution < 1.29 is 0 Å². The SMILES string of the molecule is Cc1ccnc(SCCC(C)(C)CN)n1. The molecule has 0 aliphatic carbocycles. The first kappa shape index (κ1) is 12.5. The number of hydrogen-bond donors (Lipinski definition) is 1. The summed E-state index contributed by atoms with van der Waals surface area (Å²) < 4.78 is 0. The molecule has 0 atom stereocenters. The number of thioether (sulfide) groups is 1. The Morgan fingerprint density at radius 2 is 2.20 bits per heavy atom. The van der Waals surface area contributed by atoms with Crippen molar-refractivity contribution in [3.63, 3.8) is 0 Å². The van der Waals surface area contributed by atoms with E-state index in [2.05, 4.69) is 23.8 Å². The zero-order valence-electron chi connectivity index (χ0n) is 9.66. The average molecular weight is 225 g/mol. The summed E-state index contributed by atoms with van der Waals surface area (Å²) in [5, 5.41) is 0.864. The van der Waals surface area contributed by atoms with Gasteiger partial charge >= 0.3 is 0 Å². The topological polar surface area (TPSA) is 51.8 Å². The van der Waals surface area contributed by atoms with Crippen molar-refractivity contribution in [2.45, 2.75) is 32.3 Å². The van der Waals surface area contributed by atoms with E-state index in [0.717, 1.165) is 29.6 Å². The lowest BCUT2D eigenvalue weighted by molar-refractivity contribution is 0.368. The molecule has 1 rings (SSSR count). The van der Waals surface area contributed by atoms with Gasteiger partial charge in [0.15, 0.2) is 5.16 Å². The molecule has 1 aromatic heterocycles. The molecule has 0 aromatic carbocycles. The fourth-order valence-electron chi connectivity index (χ4n) is 1.02. The van der Waals surface area contributed by atoms with Gasteiger partial charge in [-0.3, -0.25) is 0 Å². The van der Waals surface area contributed by atoms with Gasteiger partial charge in [-0.25, -0.2) is 9.97 Å². The molecule has 0 fully saturated rings. The minimum absolute atomic E-state index is 0.219. The van der Waals surface area contributed by atoms with Gasteiger partial charge in [0.25, 0.3) is 0 Å². The maximum atomic E-state index is 5.67. The predicted octanol–water partition coefficient (Wildman–Crippen LogP) is 2.25. The fourth-order valence-corrected chi connectivity index (χ4v) is 2.20. The summed E-state index contributed by atoms with van der Waals surface area (Å²) in [6.07, 6.45) is 2.89. The highest BCUT2D eigenvalue weighted by Gasteiger charge is 2.15. The van der Waals surface area contributed by atoms with E-state index in [4.69, 9.17) is 5.73 Å². The highest BCUT2D eigenvalue weighted by atomic mass is 32.2. The fraction of sp³-hybridized carbons (Fsp3) is 0.636. The quantitative estimate of drug-likeness (QED) is 0.617. The molecule has 0 aliphatic heterocycles. The Balaban J connectivity index is 2.38. The van der Waals surface area contributed by atoms with Gasteiger partial charge in [0, 0.05) is 17.6 Å². The molecule has 2 N–H and O–H groups in total. The Morgan fingerprint density at radius 1 is 1.47 bits per heavy atom. The van der Waals surface area contributed by atoms with Crippen LogP contribution >= 0.6 is 11.8 Å². The molecule has 0 spiro atoms. The largest absolute Gasteiger partial charge is 0.330 e. The molecule has 1 aromatic rings. The molecular weight excluding hydrogens is 206 g/mol. The van der Waals surface area contributed by atoms with E-state index in [1.165, 1.54) is 0 Å². The zero-order chi connectivity index (χ0) is 11.3. The highest BCUT2D eigenvalue weighted by molar-refractivity contribution is 7.99. The number of rotatable bonds is 5. The summed E-state index contributed by atoms with van der Waals surface area (Å²) in [7, 11) is 0. The van der Waals surface area contributed by atoms with Gasteiger partial charge < -0.3 is 5.73 Å². The molecule has 3 nitrogen and oxygen atoms in total. The second-order valence-corrected chi connectivity index (χ2v) is 5.51. The average Bonchev–Trinajstić information content (AvgIpc) is 2.18. The molecule has 0 radical (unpaired) electrons. The van der Waals surface area contributed by atoms with E-state index in [0.29, 0.717) is 0 Å². The minimum Gasteiger partial charge on any atom is -0.330 e. The summed E-state index contributed by atoms with van der Waals surface area (Å²) in [4.78, 5) is 8.54. The Morgan fingerprint density at radius 3 is 2.80 bits per heavy atom. The van der Waals surface area contributed by atoms with Crippen LogP contribution in [0.1, 0.15) is 26.0 Å². The van der Waals surface area contributed by atoms with Crippen LogP contribution in [0.2, 0.25) is 0 Å². The summed E-state index contributed by atoms with van der Waals surface area (Å²) in [5.74, 6) is 1.02. The minimum atomic E-state index is 0.219. The van der Waals surface area contributed by atoms with Crippen molar-refractivity contribution in [1.29, 1.82) is 0 Å². The smallest absolute Gasteiger partial charge is 0.187 e. The third kappa shape index (κ3) is 4.62. The van der Waals surface area contributed by atoms with Gasteiger partial charge in [-0.05, 0) is 31.4 Å². The van der Waals surface area contributed by atoms with Crippen LogP contribution in [-0.4, -0.2) is 22.3 Å². The summed E-state index contributed by atoms with van der Waals surface area (Å²) in [5.41, 5.74) is 6.91. The van der Waals surface area contributed by atoms with Crippen LogP contribution in [0.15, 0.2) is 17.4 Å². The van der Waals surface area contributed by atoms with E-state index < -0.39 is 0 Å². The molecule has 15 heavy (non-hydrogen) atoms. The molecule has 84 valence electrons. The van der Waals surface area contributed by atoms with Crippen LogP contribution in [0.3, 0.4) is 0 Å². The second-order valence-electron chi connectivity index (χ2n) is 4.45. The summed E-state index contributed by atoms with van der Waals surface area (Å²) in [6.45, 7) is 7.08. The molecule has 4 heteroatoms. The monoisotopic (exact) mass is 225 g/mol. The van der Waals surface area contributed by atoms with Crippen molar-refractivity contribution in [3.8, 4) is 0 Å². The van der Waals surface area contributed by atoms with Gasteiger partial charge in [0.1, 0.15) is 0 Å². The molecular formula is C11H19N3S. The zero-order valence-corrected chi connectivity index (χ0v) is 10.5. The van der Waals surface area contributed by atoms with Crippen molar-refractivity contribution in [2.75, 3.05) is 12.3 Å². The predicted molar refractivity (Wildman–Crippen MR) is 64.9 cm³/mol. The summed E-state index contributed by atoms with van der Waals surface area (Å²) in [6, 6.07) is 1.91. The summed E-state index contributed by atoms with van der Waals surface area (Å²) >= 11 is 1.70. The van der Waals surface area contributed by atoms with Crippen molar-refractivity contribution in [1.82, 2.24) is 9.97 Å². The Bertz CT molecular complexity index is 312. The standard InChI is InChI=1S/C11H19N3S/c1-9-4-6-13-10(14-9)15-7-5-11(2,3)8-12/h4,6H,5,7-8,12H2,1-3H3. The first-order valence-electron chi connectivity index (χ1n) is 5.16. The lowest BCUT2D eigenvalue weighted by Crippen LogP contribution is -2.24. The lowest BCUT2D eigenvalue weighted by Gasteiger charge is -2.21. The maximum absolute atomic E-state index is 5.67. The normalized spacial score (nSPS) is 11.7. The van der Waals surface area contributed by atoms with Crippen molar-refractivity contribution in [3.05, 3.63) is 18.0 Å². The first-order chi connectivity index (χ1) is 7.03. The lowest BCUT2D eigenvalue weighted by atomic mass is 9.91. The van der Waals surface area contributed by atoms with Gasteiger partial charge in [0.2, 0.25) is 0 Å². The number of aromatic nitrogens is 2. The van der Waals surface area contributed by atoms with Crippen LogP contribution in [0.25, 0.3) is 0 Å². The van der Waals surface area contributed by atoms with Crippen LogP contribution < -0.4 is 5.73 Å². The van der Waals surface area contributed by atoms with Crippen molar-refractivity contribution >= 4 is 11.8 Å². The molecule has 0 aliphatic rings. The Labute approximate surface area is 95.9 Å². The number of nitrogens with two attached hydrogens (primary N) is 1. The highest BCUT2D eigenvalue weighted by Crippen LogP contribution is 2.23. The maximum Gasteiger partial charge on any atom is 0.187 e. The third-order valence-electron chi connectivity index (χ3n) is 2.34. The van der Waals surface area contributed by atoms with Crippen LogP contribution in [-0.2, 0) is 0 Å². The van der Waals surface area contributed by atoms with E-state index in [1.807, 2.05) is 13.0 Å².